The first kappa shape index (κ1) is 29.3. The molecular weight excluding hydrogens is 578 g/mol. The fraction of sp³-hybridized carbons (Fsp3) is 0.441. The van der Waals surface area contributed by atoms with Gasteiger partial charge in [-0.3, -0.25) is 4.90 Å². The molecule has 3 saturated heterocycles. The number of rotatable bonds is 6. The van der Waals surface area contributed by atoms with Crippen LogP contribution >= 0.6 is 0 Å². The van der Waals surface area contributed by atoms with Gasteiger partial charge in [-0.15, -0.1) is 6.42 Å². The SMILES string of the molecule is C#Cc1c(F)ccc2cc(O)cc(C(C)n3cnc4c(OC[C@@]56CCCN5C[C@H](F)C6)nc(N5CCCOCC5)c(C#N)c43)c12. The number of imidazole rings is 1. The molecule has 3 aliphatic rings. The van der Waals surface area contributed by atoms with E-state index in [9.17, 15) is 19.1 Å². The predicted molar refractivity (Wildman–Crippen MR) is 166 cm³/mol. The van der Waals surface area contributed by atoms with Crippen molar-refractivity contribution in [3.8, 4) is 30.0 Å². The fourth-order valence-corrected chi connectivity index (χ4v) is 7.49. The topological polar surface area (TPSA) is 99.7 Å². The summed E-state index contributed by atoms with van der Waals surface area (Å²) in [5.41, 5.74) is 1.49. The number of nitrogens with zero attached hydrogens (tertiary/aromatic N) is 6. The Morgan fingerprint density at radius 1 is 1.22 bits per heavy atom. The Hall–Kier alpha value is -4.45. The first-order valence-corrected chi connectivity index (χ1v) is 15.4. The number of alkyl halides is 1. The van der Waals surface area contributed by atoms with Gasteiger partial charge in [0.25, 0.3) is 0 Å². The fourth-order valence-electron chi connectivity index (χ4n) is 7.49. The van der Waals surface area contributed by atoms with E-state index in [1.54, 1.807) is 24.5 Å². The predicted octanol–water partition coefficient (Wildman–Crippen LogP) is 5.07. The minimum Gasteiger partial charge on any atom is -0.508 e. The third-order valence-corrected chi connectivity index (χ3v) is 9.63. The van der Waals surface area contributed by atoms with Crippen molar-refractivity contribution in [2.45, 2.75) is 50.4 Å². The molecule has 7 rings (SSSR count). The number of terminal acetylenes is 1. The van der Waals surface area contributed by atoms with Crippen LogP contribution in [0.25, 0.3) is 21.8 Å². The van der Waals surface area contributed by atoms with E-state index in [0.717, 1.165) is 25.8 Å². The minimum absolute atomic E-state index is 0.00269. The lowest BCUT2D eigenvalue weighted by molar-refractivity contribution is 0.111. The van der Waals surface area contributed by atoms with Gasteiger partial charge in [0.2, 0.25) is 5.88 Å². The number of halogens is 2. The molecule has 11 heteroatoms. The number of phenolic OH excluding ortho intramolecular Hbond substituents is 1. The molecule has 3 atom stereocenters. The summed E-state index contributed by atoms with van der Waals surface area (Å²) in [5.74, 6) is 2.68. The quantitative estimate of drug-likeness (QED) is 0.302. The van der Waals surface area contributed by atoms with Crippen LogP contribution in [0, 0.1) is 29.5 Å². The summed E-state index contributed by atoms with van der Waals surface area (Å²) in [7, 11) is 0. The van der Waals surface area contributed by atoms with Gasteiger partial charge in [0, 0.05) is 38.0 Å². The maximum absolute atomic E-state index is 14.9. The summed E-state index contributed by atoms with van der Waals surface area (Å²) < 4.78 is 43.5. The van der Waals surface area contributed by atoms with E-state index in [2.05, 4.69) is 16.9 Å². The molecule has 0 radical (unpaired) electrons. The number of hydrogen-bond donors (Lipinski definition) is 1. The van der Waals surface area contributed by atoms with Crippen LogP contribution in [0.3, 0.4) is 0 Å². The van der Waals surface area contributed by atoms with Crippen LogP contribution in [0.5, 0.6) is 11.6 Å². The number of nitriles is 1. The van der Waals surface area contributed by atoms with Crippen LogP contribution in [0.15, 0.2) is 30.6 Å². The first-order chi connectivity index (χ1) is 21.8. The molecule has 2 aromatic heterocycles. The van der Waals surface area contributed by atoms with Gasteiger partial charge in [-0.2, -0.15) is 10.2 Å². The van der Waals surface area contributed by atoms with Crippen molar-refractivity contribution >= 4 is 27.6 Å². The van der Waals surface area contributed by atoms with E-state index < -0.39 is 23.6 Å². The molecule has 1 unspecified atom stereocenters. The third-order valence-electron chi connectivity index (χ3n) is 9.63. The highest BCUT2D eigenvalue weighted by Gasteiger charge is 2.49. The second kappa shape index (κ2) is 11.5. The Labute approximate surface area is 260 Å². The summed E-state index contributed by atoms with van der Waals surface area (Å²) in [6.07, 6.45) is 9.47. The van der Waals surface area contributed by atoms with E-state index in [1.165, 1.54) is 6.07 Å². The number of aromatic nitrogens is 3. The maximum atomic E-state index is 14.9. The number of pyridine rings is 1. The molecule has 0 bridgehead atoms. The van der Waals surface area contributed by atoms with Crippen molar-refractivity contribution < 1.29 is 23.4 Å². The van der Waals surface area contributed by atoms with Gasteiger partial charge in [0.15, 0.2) is 11.3 Å². The highest BCUT2D eigenvalue weighted by atomic mass is 19.1. The number of hydrogen-bond acceptors (Lipinski definition) is 8. The molecule has 0 saturated carbocycles. The number of phenols is 1. The first-order valence-electron chi connectivity index (χ1n) is 15.4. The lowest BCUT2D eigenvalue weighted by atomic mass is 9.94. The molecule has 5 heterocycles. The van der Waals surface area contributed by atoms with Crippen LogP contribution in [0.4, 0.5) is 14.6 Å². The Balaban J connectivity index is 1.40. The molecular formula is C34H34F2N6O3. The van der Waals surface area contributed by atoms with Crippen LogP contribution in [-0.2, 0) is 4.74 Å². The molecule has 0 amide bonds. The van der Waals surface area contributed by atoms with Crippen molar-refractivity contribution in [1.29, 1.82) is 5.26 Å². The van der Waals surface area contributed by atoms with Crippen molar-refractivity contribution in [1.82, 2.24) is 19.4 Å². The second-order valence-corrected chi connectivity index (χ2v) is 12.3. The van der Waals surface area contributed by atoms with Crippen LogP contribution in [0.2, 0.25) is 0 Å². The number of ether oxygens (including phenoxy) is 2. The van der Waals surface area contributed by atoms with Gasteiger partial charge in [-0.25, -0.2) is 13.8 Å². The van der Waals surface area contributed by atoms with E-state index in [-0.39, 0.29) is 23.8 Å². The van der Waals surface area contributed by atoms with Crippen molar-refractivity contribution in [2.75, 3.05) is 50.9 Å². The molecule has 0 spiro atoms. The molecule has 9 nitrogen and oxygen atoms in total. The van der Waals surface area contributed by atoms with Gasteiger partial charge >= 0.3 is 0 Å². The Morgan fingerprint density at radius 3 is 2.91 bits per heavy atom. The van der Waals surface area contributed by atoms with E-state index in [0.29, 0.717) is 78.0 Å². The highest BCUT2D eigenvalue weighted by Crippen LogP contribution is 2.42. The van der Waals surface area contributed by atoms with Gasteiger partial charge in [0.05, 0.1) is 35.6 Å². The Bertz CT molecular complexity index is 1870. The average Bonchev–Trinajstić information content (AvgIpc) is 3.64. The van der Waals surface area contributed by atoms with Gasteiger partial charge in [0.1, 0.15) is 36.0 Å². The average molecular weight is 613 g/mol. The molecule has 0 aliphatic carbocycles. The van der Waals surface area contributed by atoms with Crippen molar-refractivity contribution in [2.24, 2.45) is 0 Å². The van der Waals surface area contributed by atoms with E-state index >= 15 is 0 Å². The summed E-state index contributed by atoms with van der Waals surface area (Å²) in [6.45, 7) is 5.67. The minimum atomic E-state index is -0.898. The molecule has 232 valence electrons. The lowest BCUT2D eigenvalue weighted by Crippen LogP contribution is -2.43. The molecule has 3 fully saturated rings. The molecule has 2 aromatic carbocycles. The zero-order valence-electron chi connectivity index (χ0n) is 25.1. The highest BCUT2D eigenvalue weighted by molar-refractivity contribution is 5.94. The molecule has 3 aliphatic heterocycles. The summed E-state index contributed by atoms with van der Waals surface area (Å²) in [4.78, 5) is 13.8. The maximum Gasteiger partial charge on any atom is 0.244 e. The lowest BCUT2D eigenvalue weighted by Gasteiger charge is -2.31. The largest absolute Gasteiger partial charge is 0.508 e. The second-order valence-electron chi connectivity index (χ2n) is 12.3. The number of anilines is 1. The standard InChI is InChI=1S/C34H34F2N6O3/c1-3-25-28(36)7-6-22-14-24(43)15-26(29(22)25)21(2)42-20-38-30-31(42)27(17-37)32(40-9-5-12-44-13-11-40)39-33(30)45-19-34-8-4-10-41(34)18-23(35)16-34/h1,6-7,14-15,20-21,23,43H,4-5,8-13,16,18-19H2,2H3/t21?,23-,34+/m1/s1. The summed E-state index contributed by atoms with van der Waals surface area (Å²) in [6, 6.07) is 7.83. The zero-order valence-corrected chi connectivity index (χ0v) is 25.1. The van der Waals surface area contributed by atoms with Crippen LogP contribution < -0.4 is 9.64 Å². The van der Waals surface area contributed by atoms with E-state index in [4.69, 9.17) is 25.9 Å². The Kier molecular flexibility index (Phi) is 7.47. The zero-order chi connectivity index (χ0) is 31.3. The smallest absolute Gasteiger partial charge is 0.244 e. The van der Waals surface area contributed by atoms with Gasteiger partial charge < -0.3 is 24.0 Å². The van der Waals surface area contributed by atoms with Gasteiger partial charge in [-0.05, 0) is 61.9 Å². The Morgan fingerprint density at radius 2 is 2.09 bits per heavy atom. The van der Waals surface area contributed by atoms with Gasteiger partial charge in [-0.1, -0.05) is 12.0 Å². The number of benzene rings is 2. The molecule has 4 aromatic rings. The third kappa shape index (κ3) is 4.91. The van der Waals surface area contributed by atoms with E-state index in [1.807, 2.05) is 16.4 Å². The van der Waals surface area contributed by atoms with Crippen molar-refractivity contribution in [3.63, 3.8) is 0 Å². The molecule has 1 N–H and O–H groups in total. The number of fused-ring (bicyclic) bond motifs is 3. The number of aromatic hydroxyl groups is 1. The molecule has 45 heavy (non-hydrogen) atoms. The monoisotopic (exact) mass is 612 g/mol. The van der Waals surface area contributed by atoms with Crippen LogP contribution in [-0.4, -0.2) is 82.3 Å². The summed E-state index contributed by atoms with van der Waals surface area (Å²) in [5, 5.41) is 22.3. The normalized spacial score (nSPS) is 22.7. The summed E-state index contributed by atoms with van der Waals surface area (Å²) >= 11 is 0. The van der Waals surface area contributed by atoms with Crippen LogP contribution in [0.1, 0.15) is 55.3 Å². The van der Waals surface area contributed by atoms with Crippen molar-refractivity contribution in [3.05, 3.63) is 53.1 Å².